The number of aromatic nitrogens is 1. The van der Waals surface area contributed by atoms with Gasteiger partial charge in [-0.15, -0.1) is 0 Å². The van der Waals surface area contributed by atoms with Crippen molar-refractivity contribution in [1.82, 2.24) is 25.6 Å². The second kappa shape index (κ2) is 11.8. The number of esters is 1. The largest absolute Gasteiger partial charge is 0.451 e. The molecular weight excluding hydrogens is 510 g/mol. The number of nitrogens with one attached hydrogen (secondary N) is 2. The molecule has 1 aromatic heterocycles. The molecule has 1 fully saturated rings. The average Bonchev–Trinajstić information content (AvgIpc) is 2.92. The molecular formula is C30H39N5O5. The second-order valence-corrected chi connectivity index (χ2v) is 11.6. The molecule has 10 nitrogen and oxygen atoms in total. The number of hydrogen-bond acceptors (Lipinski definition) is 7. The first-order valence-corrected chi connectivity index (χ1v) is 13.8. The molecule has 1 aromatic carbocycles. The Labute approximate surface area is 235 Å². The van der Waals surface area contributed by atoms with Crippen LogP contribution < -0.4 is 10.7 Å². The summed E-state index contributed by atoms with van der Waals surface area (Å²) in [5.74, 6) is -1.93. The fourth-order valence-corrected chi connectivity index (χ4v) is 4.80. The molecule has 0 saturated carbocycles. The van der Waals surface area contributed by atoms with Crippen LogP contribution in [0.25, 0.3) is 17.0 Å². The zero-order valence-electron chi connectivity index (χ0n) is 24.1. The Balaban J connectivity index is 1.70. The van der Waals surface area contributed by atoms with E-state index in [4.69, 9.17) is 9.72 Å². The number of ether oxygens (including phenoxy) is 1. The lowest BCUT2D eigenvalue weighted by Crippen LogP contribution is -2.61. The summed E-state index contributed by atoms with van der Waals surface area (Å²) in [7, 11) is 1.72. The first-order chi connectivity index (χ1) is 18.9. The van der Waals surface area contributed by atoms with Crippen LogP contribution in [0.4, 0.5) is 0 Å². The highest BCUT2D eigenvalue weighted by Crippen LogP contribution is 2.25. The van der Waals surface area contributed by atoms with E-state index >= 15 is 0 Å². The van der Waals surface area contributed by atoms with E-state index in [1.807, 2.05) is 36.4 Å². The minimum atomic E-state index is -1.08. The van der Waals surface area contributed by atoms with Crippen molar-refractivity contribution in [3.63, 3.8) is 0 Å². The third-order valence-electron chi connectivity index (χ3n) is 7.35. The molecule has 1 saturated heterocycles. The zero-order valence-corrected chi connectivity index (χ0v) is 24.1. The van der Waals surface area contributed by atoms with Crippen LogP contribution in [0.15, 0.2) is 36.4 Å². The van der Waals surface area contributed by atoms with Crippen LogP contribution in [0.1, 0.15) is 58.7 Å². The molecule has 0 spiro atoms. The Morgan fingerprint density at radius 1 is 1.07 bits per heavy atom. The summed E-state index contributed by atoms with van der Waals surface area (Å²) in [6, 6.07) is 8.22. The number of carbonyl (C=O) groups is 4. The number of nitrogens with zero attached hydrogens (tertiary/aromatic N) is 3. The monoisotopic (exact) mass is 549 g/mol. The SMILES string of the molecule is CC1NC(=O)C(C(C)C)OC(=O)C(C)(C)C=Cc2ccc3ccc(nc3c2)CN(C)C(=O)C2CCCN(N2)C1=O. The molecule has 0 radical (unpaired) electrons. The van der Waals surface area contributed by atoms with Crippen LogP contribution in [0.2, 0.25) is 0 Å². The number of benzene rings is 1. The van der Waals surface area contributed by atoms with E-state index in [2.05, 4.69) is 10.7 Å². The summed E-state index contributed by atoms with van der Waals surface area (Å²) >= 11 is 0. The van der Waals surface area contributed by atoms with Gasteiger partial charge in [-0.1, -0.05) is 44.2 Å². The average molecular weight is 550 g/mol. The lowest BCUT2D eigenvalue weighted by Gasteiger charge is -2.36. The van der Waals surface area contributed by atoms with Crippen LogP contribution in [0, 0.1) is 11.3 Å². The Morgan fingerprint density at radius 3 is 2.52 bits per heavy atom. The van der Waals surface area contributed by atoms with Crippen molar-refractivity contribution >= 4 is 40.7 Å². The zero-order chi connectivity index (χ0) is 29.2. The predicted molar refractivity (Wildman–Crippen MR) is 151 cm³/mol. The standard InChI is InChI=1S/C30H39N5O5/c1-18(2)25-26(36)31-19(3)27(37)35-15-7-8-23(33-35)28(38)34(6)17-22-12-11-21-10-9-20(16-24(21)32-22)13-14-30(4,5)29(39)40-25/h9-14,16,18-19,23,25,33H,7-8,15,17H2,1-6H3,(H,31,36). The smallest absolute Gasteiger partial charge is 0.316 e. The Bertz CT molecular complexity index is 1340. The van der Waals surface area contributed by atoms with Gasteiger partial charge in [0.05, 0.1) is 23.2 Å². The van der Waals surface area contributed by atoms with Crippen molar-refractivity contribution in [2.45, 2.75) is 72.2 Å². The van der Waals surface area contributed by atoms with Crippen LogP contribution in [-0.4, -0.2) is 70.4 Å². The van der Waals surface area contributed by atoms with E-state index in [9.17, 15) is 19.2 Å². The molecule has 3 amide bonds. The highest BCUT2D eigenvalue weighted by molar-refractivity contribution is 5.91. The summed E-state index contributed by atoms with van der Waals surface area (Å²) in [4.78, 5) is 59.2. The molecule has 3 heterocycles. The number of carbonyl (C=O) groups excluding carboxylic acids is 4. The summed E-state index contributed by atoms with van der Waals surface area (Å²) in [6.45, 7) is 9.31. The molecule has 2 aliphatic heterocycles. The molecule has 2 aromatic rings. The van der Waals surface area contributed by atoms with Crippen molar-refractivity contribution in [1.29, 1.82) is 0 Å². The van der Waals surface area contributed by atoms with Gasteiger partial charge in [0.25, 0.3) is 11.8 Å². The van der Waals surface area contributed by atoms with E-state index < -0.39 is 35.5 Å². The highest BCUT2D eigenvalue weighted by Gasteiger charge is 2.36. The third kappa shape index (κ3) is 6.50. The molecule has 3 atom stereocenters. The van der Waals surface area contributed by atoms with Gasteiger partial charge in [0.15, 0.2) is 6.10 Å². The van der Waals surface area contributed by atoms with E-state index in [-0.39, 0.29) is 17.7 Å². The van der Waals surface area contributed by atoms with E-state index in [1.165, 1.54) is 5.01 Å². The van der Waals surface area contributed by atoms with Gasteiger partial charge < -0.3 is 15.0 Å². The number of likely N-dealkylation sites (N-methyl/N-ethyl adjacent to an activating group) is 1. The van der Waals surface area contributed by atoms with Crippen LogP contribution in [-0.2, 0) is 30.5 Å². The van der Waals surface area contributed by atoms with E-state index in [0.717, 1.165) is 22.2 Å². The van der Waals surface area contributed by atoms with Gasteiger partial charge >= 0.3 is 5.97 Å². The Morgan fingerprint density at radius 2 is 1.80 bits per heavy atom. The fourth-order valence-electron chi connectivity index (χ4n) is 4.80. The van der Waals surface area contributed by atoms with Crippen LogP contribution in [0.5, 0.6) is 0 Å². The Kier molecular flexibility index (Phi) is 8.58. The maximum atomic E-state index is 13.3. The van der Waals surface area contributed by atoms with Crippen molar-refractivity contribution in [2.24, 2.45) is 11.3 Å². The minimum absolute atomic E-state index is 0.146. The maximum absolute atomic E-state index is 13.3. The molecule has 214 valence electrons. The maximum Gasteiger partial charge on any atom is 0.316 e. The molecule has 3 unspecified atom stereocenters. The van der Waals surface area contributed by atoms with Gasteiger partial charge in [-0.3, -0.25) is 29.2 Å². The van der Waals surface area contributed by atoms with Gasteiger partial charge in [-0.25, -0.2) is 5.43 Å². The van der Waals surface area contributed by atoms with Gasteiger partial charge in [0.1, 0.15) is 12.1 Å². The lowest BCUT2D eigenvalue weighted by atomic mass is 9.92. The number of hydrogen-bond donors (Lipinski definition) is 2. The van der Waals surface area contributed by atoms with Crippen LogP contribution >= 0.6 is 0 Å². The van der Waals surface area contributed by atoms with Gasteiger partial charge in [0, 0.05) is 19.0 Å². The molecule has 5 bridgehead atoms. The second-order valence-electron chi connectivity index (χ2n) is 11.6. The molecule has 40 heavy (non-hydrogen) atoms. The van der Waals surface area contributed by atoms with E-state index in [0.29, 0.717) is 25.9 Å². The minimum Gasteiger partial charge on any atom is -0.451 e. The topological polar surface area (TPSA) is 121 Å². The first-order valence-electron chi connectivity index (χ1n) is 13.8. The lowest BCUT2D eigenvalue weighted by molar-refractivity contribution is -0.165. The first kappa shape index (κ1) is 29.2. The van der Waals surface area contributed by atoms with Gasteiger partial charge in [-0.2, -0.15) is 0 Å². The van der Waals surface area contributed by atoms with Crippen molar-refractivity contribution in [3.05, 3.63) is 47.7 Å². The number of amides is 3. The summed E-state index contributed by atoms with van der Waals surface area (Å²) < 4.78 is 5.70. The number of fused-ring (bicyclic) bond motifs is 4. The molecule has 10 heteroatoms. The van der Waals surface area contributed by atoms with Crippen LogP contribution in [0.3, 0.4) is 0 Å². The number of pyridine rings is 1. The predicted octanol–water partition coefficient (Wildman–Crippen LogP) is 2.81. The molecule has 0 aliphatic carbocycles. The molecule has 2 N–H and O–H groups in total. The quantitative estimate of drug-likeness (QED) is 0.525. The number of cyclic esters (lactones) is 1. The normalized spacial score (nSPS) is 24.8. The number of rotatable bonds is 1. The van der Waals surface area contributed by atoms with Gasteiger partial charge in [-0.05, 0) is 57.2 Å². The summed E-state index contributed by atoms with van der Waals surface area (Å²) in [5, 5.41) is 5.05. The van der Waals surface area contributed by atoms with Gasteiger partial charge in [0.2, 0.25) is 5.91 Å². The van der Waals surface area contributed by atoms with E-state index in [1.54, 1.807) is 52.6 Å². The fraction of sp³-hybridized carbons (Fsp3) is 0.500. The van der Waals surface area contributed by atoms with Crippen molar-refractivity contribution in [2.75, 3.05) is 13.6 Å². The molecule has 2 aliphatic rings. The van der Waals surface area contributed by atoms with Crippen molar-refractivity contribution in [3.8, 4) is 0 Å². The number of hydrazine groups is 1. The highest BCUT2D eigenvalue weighted by atomic mass is 16.5. The Hall–Kier alpha value is -3.79. The molecule has 4 rings (SSSR count). The summed E-state index contributed by atoms with van der Waals surface area (Å²) in [6.07, 6.45) is 3.71. The summed E-state index contributed by atoms with van der Waals surface area (Å²) in [5.41, 5.74) is 4.39. The van der Waals surface area contributed by atoms with Crippen molar-refractivity contribution < 1.29 is 23.9 Å². The third-order valence-corrected chi connectivity index (χ3v) is 7.35.